The Labute approximate surface area is 123 Å². The number of Topliss-reactive ketones (excluding diaryl/α,β-unsaturated/α-hetero) is 1. The Morgan fingerprint density at radius 1 is 1.60 bits per heavy atom. The molecule has 0 radical (unpaired) electrons. The van der Waals surface area contributed by atoms with E-state index in [0.29, 0.717) is 28.3 Å². The summed E-state index contributed by atoms with van der Waals surface area (Å²) in [6, 6.07) is 0. The van der Waals surface area contributed by atoms with Gasteiger partial charge in [-0.25, -0.2) is 0 Å². The number of anilines is 2. The van der Waals surface area contributed by atoms with Gasteiger partial charge in [-0.05, 0) is 12.8 Å². The lowest BCUT2D eigenvalue weighted by Gasteiger charge is -2.17. The first kappa shape index (κ1) is 15.1. The fourth-order valence-corrected chi connectivity index (χ4v) is 3.60. The van der Waals surface area contributed by atoms with Crippen LogP contribution in [-0.4, -0.2) is 32.1 Å². The van der Waals surface area contributed by atoms with Crippen molar-refractivity contribution in [1.29, 1.82) is 0 Å². The minimum Gasteiger partial charge on any atom is -0.492 e. The van der Waals surface area contributed by atoms with E-state index < -0.39 is 0 Å². The standard InChI is InChI=1S/C14H22N2O3S/c1-4-10-9(5-6-19-10)7-16-14-12(18-3)11(15)13(20-14)8(2)17/h9-10,16H,4-7,15H2,1-3H3. The van der Waals surface area contributed by atoms with Crippen molar-refractivity contribution >= 4 is 27.8 Å². The highest BCUT2D eigenvalue weighted by Crippen LogP contribution is 2.42. The number of ketones is 1. The molecular weight excluding hydrogens is 276 g/mol. The lowest BCUT2D eigenvalue weighted by Crippen LogP contribution is -2.22. The van der Waals surface area contributed by atoms with Gasteiger partial charge in [0.1, 0.15) is 5.00 Å². The van der Waals surface area contributed by atoms with Crippen molar-refractivity contribution in [2.45, 2.75) is 32.8 Å². The van der Waals surface area contributed by atoms with E-state index in [1.54, 1.807) is 7.11 Å². The van der Waals surface area contributed by atoms with Crippen molar-refractivity contribution in [1.82, 2.24) is 0 Å². The number of ether oxygens (including phenoxy) is 2. The third-order valence-electron chi connectivity index (χ3n) is 3.70. The zero-order valence-corrected chi connectivity index (χ0v) is 13.0. The number of thiophene rings is 1. The zero-order valence-electron chi connectivity index (χ0n) is 12.2. The number of rotatable bonds is 6. The van der Waals surface area contributed by atoms with Gasteiger partial charge in [0.15, 0.2) is 11.5 Å². The van der Waals surface area contributed by atoms with Crippen LogP contribution in [0.25, 0.3) is 0 Å². The zero-order chi connectivity index (χ0) is 14.7. The second-order valence-corrected chi connectivity index (χ2v) is 6.03. The summed E-state index contributed by atoms with van der Waals surface area (Å²) in [7, 11) is 1.57. The molecule has 0 amide bonds. The predicted octanol–water partition coefficient (Wildman–Crippen LogP) is 2.77. The van der Waals surface area contributed by atoms with Gasteiger partial charge in [-0.15, -0.1) is 11.3 Å². The summed E-state index contributed by atoms with van der Waals surface area (Å²) < 4.78 is 11.0. The highest BCUT2D eigenvalue weighted by atomic mass is 32.1. The molecule has 1 fully saturated rings. The molecule has 0 aromatic carbocycles. The molecule has 2 heterocycles. The Morgan fingerprint density at radius 2 is 2.35 bits per heavy atom. The summed E-state index contributed by atoms with van der Waals surface area (Å²) in [6.07, 6.45) is 2.40. The molecule has 5 nitrogen and oxygen atoms in total. The predicted molar refractivity (Wildman–Crippen MR) is 81.9 cm³/mol. The Balaban J connectivity index is 2.09. The van der Waals surface area contributed by atoms with Crippen LogP contribution in [0.3, 0.4) is 0 Å². The lowest BCUT2D eigenvalue weighted by molar-refractivity contribution is 0.0900. The SMILES string of the molecule is CCC1OCCC1CNc1sc(C(C)=O)c(N)c1OC. The van der Waals surface area contributed by atoms with E-state index >= 15 is 0 Å². The molecule has 1 saturated heterocycles. The van der Waals surface area contributed by atoms with Gasteiger partial charge in [-0.3, -0.25) is 4.79 Å². The number of carbonyl (C=O) groups is 1. The van der Waals surface area contributed by atoms with Crippen LogP contribution < -0.4 is 15.8 Å². The van der Waals surface area contributed by atoms with Crippen LogP contribution in [-0.2, 0) is 4.74 Å². The van der Waals surface area contributed by atoms with E-state index in [1.165, 1.54) is 18.3 Å². The monoisotopic (exact) mass is 298 g/mol. The maximum atomic E-state index is 11.5. The van der Waals surface area contributed by atoms with E-state index in [1.807, 2.05) is 0 Å². The molecule has 1 aromatic rings. The topological polar surface area (TPSA) is 73.6 Å². The van der Waals surface area contributed by atoms with Crippen molar-refractivity contribution in [3.05, 3.63) is 4.88 Å². The summed E-state index contributed by atoms with van der Waals surface area (Å²) in [5.74, 6) is 1.04. The maximum absolute atomic E-state index is 11.5. The van der Waals surface area contributed by atoms with E-state index in [4.69, 9.17) is 15.2 Å². The van der Waals surface area contributed by atoms with Gasteiger partial charge in [0.05, 0.1) is 23.8 Å². The number of hydrogen-bond donors (Lipinski definition) is 2. The van der Waals surface area contributed by atoms with Gasteiger partial charge >= 0.3 is 0 Å². The Hall–Kier alpha value is -1.27. The average Bonchev–Trinajstić information content (AvgIpc) is 2.99. The first-order valence-electron chi connectivity index (χ1n) is 6.91. The second-order valence-electron chi connectivity index (χ2n) is 5.01. The van der Waals surface area contributed by atoms with Crippen LogP contribution in [0.1, 0.15) is 36.4 Å². The Kier molecular flexibility index (Phi) is 4.88. The Bertz CT molecular complexity index is 487. The van der Waals surface area contributed by atoms with Crippen LogP contribution in [0.2, 0.25) is 0 Å². The van der Waals surface area contributed by atoms with E-state index in [2.05, 4.69) is 12.2 Å². The highest BCUT2D eigenvalue weighted by Gasteiger charge is 2.27. The first-order chi connectivity index (χ1) is 9.58. The first-order valence-corrected chi connectivity index (χ1v) is 7.72. The van der Waals surface area contributed by atoms with Crippen LogP contribution in [0.15, 0.2) is 0 Å². The third-order valence-corrected chi connectivity index (χ3v) is 4.94. The molecule has 1 aromatic heterocycles. The minimum atomic E-state index is -0.0329. The molecule has 20 heavy (non-hydrogen) atoms. The normalized spacial score (nSPS) is 21.9. The molecule has 112 valence electrons. The van der Waals surface area contributed by atoms with Crippen molar-refractivity contribution in [2.75, 3.05) is 31.3 Å². The number of nitrogen functional groups attached to an aromatic ring is 1. The third kappa shape index (κ3) is 2.91. The Morgan fingerprint density at radius 3 is 2.95 bits per heavy atom. The minimum absolute atomic E-state index is 0.0329. The summed E-state index contributed by atoms with van der Waals surface area (Å²) in [4.78, 5) is 12.1. The summed E-state index contributed by atoms with van der Waals surface area (Å²) in [6.45, 7) is 5.29. The summed E-state index contributed by atoms with van der Waals surface area (Å²) in [5.41, 5.74) is 6.39. The van der Waals surface area contributed by atoms with Crippen molar-refractivity contribution < 1.29 is 14.3 Å². The van der Waals surface area contributed by atoms with Crippen molar-refractivity contribution in [2.24, 2.45) is 5.92 Å². The molecule has 1 aliphatic rings. The van der Waals surface area contributed by atoms with Gasteiger partial charge < -0.3 is 20.5 Å². The summed E-state index contributed by atoms with van der Waals surface area (Å²) >= 11 is 1.36. The van der Waals surface area contributed by atoms with Gasteiger partial charge in [0.25, 0.3) is 0 Å². The quantitative estimate of drug-likeness (QED) is 0.790. The van der Waals surface area contributed by atoms with E-state index in [-0.39, 0.29) is 5.78 Å². The van der Waals surface area contributed by atoms with Crippen LogP contribution in [0, 0.1) is 5.92 Å². The van der Waals surface area contributed by atoms with Gasteiger partial charge in [-0.1, -0.05) is 6.92 Å². The van der Waals surface area contributed by atoms with E-state index in [9.17, 15) is 4.79 Å². The number of methoxy groups -OCH3 is 1. The van der Waals surface area contributed by atoms with Crippen LogP contribution in [0.5, 0.6) is 5.75 Å². The lowest BCUT2D eigenvalue weighted by atomic mass is 10.00. The number of carbonyl (C=O) groups excluding carboxylic acids is 1. The molecule has 1 aliphatic heterocycles. The molecular formula is C14H22N2O3S. The highest BCUT2D eigenvalue weighted by molar-refractivity contribution is 7.19. The van der Waals surface area contributed by atoms with Crippen molar-refractivity contribution in [3.8, 4) is 5.75 Å². The van der Waals surface area contributed by atoms with Gasteiger partial charge in [0, 0.05) is 26.0 Å². The number of nitrogens with one attached hydrogen (secondary N) is 1. The largest absolute Gasteiger partial charge is 0.492 e. The van der Waals surface area contributed by atoms with Gasteiger partial charge in [-0.2, -0.15) is 0 Å². The molecule has 0 saturated carbocycles. The molecule has 0 aliphatic carbocycles. The molecule has 0 spiro atoms. The molecule has 6 heteroatoms. The molecule has 2 rings (SSSR count). The molecule has 3 N–H and O–H groups in total. The number of hydrogen-bond acceptors (Lipinski definition) is 6. The maximum Gasteiger partial charge on any atom is 0.176 e. The van der Waals surface area contributed by atoms with Crippen molar-refractivity contribution in [3.63, 3.8) is 0 Å². The second kappa shape index (κ2) is 6.45. The van der Waals surface area contributed by atoms with Crippen LogP contribution >= 0.6 is 11.3 Å². The average molecular weight is 298 g/mol. The fraction of sp³-hybridized carbons (Fsp3) is 0.643. The molecule has 2 unspecified atom stereocenters. The number of nitrogens with two attached hydrogens (primary N) is 1. The van der Waals surface area contributed by atoms with E-state index in [0.717, 1.165) is 31.0 Å². The summed E-state index contributed by atoms with van der Waals surface area (Å²) in [5, 5.41) is 4.20. The molecule has 0 bridgehead atoms. The smallest absolute Gasteiger partial charge is 0.176 e. The van der Waals surface area contributed by atoms with Gasteiger partial charge in [0.2, 0.25) is 0 Å². The molecule has 2 atom stereocenters. The fourth-order valence-electron chi connectivity index (χ4n) is 2.61. The van der Waals surface area contributed by atoms with Crippen LogP contribution in [0.4, 0.5) is 10.7 Å².